The summed E-state index contributed by atoms with van der Waals surface area (Å²) in [6, 6.07) is 0.481. The Morgan fingerprint density at radius 2 is 2.00 bits per heavy atom. The van der Waals surface area contributed by atoms with Crippen LogP contribution in [0.2, 0.25) is 0 Å². The molecule has 2 fully saturated rings. The SMILES string of the molecule is CC1OCCC1C(NN)C1CCCC1. The van der Waals surface area contributed by atoms with Gasteiger partial charge in [0.05, 0.1) is 6.10 Å². The van der Waals surface area contributed by atoms with Crippen molar-refractivity contribution in [1.82, 2.24) is 5.43 Å². The minimum atomic E-state index is 0.386. The molecule has 14 heavy (non-hydrogen) atoms. The summed E-state index contributed by atoms with van der Waals surface area (Å²) in [5.41, 5.74) is 3.04. The van der Waals surface area contributed by atoms with Gasteiger partial charge in [0, 0.05) is 18.6 Å². The molecule has 0 aromatic rings. The summed E-state index contributed by atoms with van der Waals surface area (Å²) in [4.78, 5) is 0. The van der Waals surface area contributed by atoms with E-state index in [0.717, 1.165) is 12.5 Å². The van der Waals surface area contributed by atoms with Crippen LogP contribution in [0.1, 0.15) is 39.0 Å². The Balaban J connectivity index is 1.96. The van der Waals surface area contributed by atoms with Gasteiger partial charge in [-0.05, 0) is 32.1 Å². The van der Waals surface area contributed by atoms with Crippen LogP contribution in [0, 0.1) is 11.8 Å². The number of nitrogens with one attached hydrogen (secondary N) is 1. The van der Waals surface area contributed by atoms with Gasteiger partial charge in [0.2, 0.25) is 0 Å². The molecule has 0 aromatic heterocycles. The van der Waals surface area contributed by atoms with Gasteiger partial charge in [0.15, 0.2) is 0 Å². The summed E-state index contributed by atoms with van der Waals surface area (Å²) in [6.45, 7) is 3.09. The Kier molecular flexibility index (Phi) is 3.42. The van der Waals surface area contributed by atoms with E-state index in [0.29, 0.717) is 18.1 Å². The van der Waals surface area contributed by atoms with Gasteiger partial charge in [-0.2, -0.15) is 0 Å². The third-order valence-electron chi connectivity index (χ3n) is 4.00. The van der Waals surface area contributed by atoms with Gasteiger partial charge in [0.25, 0.3) is 0 Å². The smallest absolute Gasteiger partial charge is 0.0591 e. The van der Waals surface area contributed by atoms with E-state index >= 15 is 0 Å². The van der Waals surface area contributed by atoms with Crippen molar-refractivity contribution in [3.63, 3.8) is 0 Å². The van der Waals surface area contributed by atoms with Crippen molar-refractivity contribution in [2.75, 3.05) is 6.61 Å². The summed E-state index contributed by atoms with van der Waals surface area (Å²) in [5.74, 6) is 7.10. The molecule has 2 aliphatic rings. The molecule has 0 radical (unpaired) electrons. The van der Waals surface area contributed by atoms with Crippen LogP contribution in [0.3, 0.4) is 0 Å². The molecule has 1 saturated heterocycles. The van der Waals surface area contributed by atoms with Crippen LogP contribution in [0.5, 0.6) is 0 Å². The minimum Gasteiger partial charge on any atom is -0.378 e. The molecule has 0 aromatic carbocycles. The lowest BCUT2D eigenvalue weighted by Crippen LogP contribution is -2.47. The molecule has 0 bridgehead atoms. The first-order valence-electron chi connectivity index (χ1n) is 5.90. The molecule has 1 saturated carbocycles. The van der Waals surface area contributed by atoms with Gasteiger partial charge in [-0.3, -0.25) is 11.3 Å². The van der Waals surface area contributed by atoms with E-state index in [4.69, 9.17) is 10.6 Å². The molecule has 3 heteroatoms. The molecule has 2 rings (SSSR count). The lowest BCUT2D eigenvalue weighted by Gasteiger charge is -2.30. The van der Waals surface area contributed by atoms with Crippen molar-refractivity contribution in [1.29, 1.82) is 0 Å². The van der Waals surface area contributed by atoms with Gasteiger partial charge < -0.3 is 4.74 Å². The standard InChI is InChI=1S/C11H22N2O/c1-8-10(6-7-14-8)11(13-12)9-4-2-3-5-9/h8-11,13H,2-7,12H2,1H3. The number of nitrogens with two attached hydrogens (primary N) is 1. The molecule has 1 aliphatic carbocycles. The van der Waals surface area contributed by atoms with Gasteiger partial charge in [-0.1, -0.05) is 12.8 Å². The summed E-state index contributed by atoms with van der Waals surface area (Å²) in [5, 5.41) is 0. The Morgan fingerprint density at radius 1 is 1.29 bits per heavy atom. The van der Waals surface area contributed by atoms with Crippen molar-refractivity contribution in [3.05, 3.63) is 0 Å². The molecular weight excluding hydrogens is 176 g/mol. The molecule has 3 nitrogen and oxygen atoms in total. The monoisotopic (exact) mass is 198 g/mol. The second kappa shape index (κ2) is 4.60. The maximum absolute atomic E-state index is 5.69. The predicted molar refractivity (Wildman–Crippen MR) is 56.6 cm³/mol. The Hall–Kier alpha value is -0.120. The average molecular weight is 198 g/mol. The second-order valence-electron chi connectivity index (χ2n) is 4.77. The van der Waals surface area contributed by atoms with E-state index in [2.05, 4.69) is 12.3 Å². The van der Waals surface area contributed by atoms with Crippen LogP contribution in [-0.4, -0.2) is 18.8 Å². The Labute approximate surface area is 86.4 Å². The Bertz CT molecular complexity index is 180. The van der Waals surface area contributed by atoms with Gasteiger partial charge >= 0.3 is 0 Å². The fourth-order valence-corrected chi connectivity index (χ4v) is 3.15. The van der Waals surface area contributed by atoms with Crippen molar-refractivity contribution >= 4 is 0 Å². The molecule has 0 spiro atoms. The van der Waals surface area contributed by atoms with Crippen LogP contribution in [0.25, 0.3) is 0 Å². The summed E-state index contributed by atoms with van der Waals surface area (Å²) in [6.07, 6.45) is 7.01. The summed E-state index contributed by atoms with van der Waals surface area (Å²) in [7, 11) is 0. The number of hydrogen-bond acceptors (Lipinski definition) is 3. The third kappa shape index (κ3) is 1.95. The zero-order valence-corrected chi connectivity index (χ0v) is 9.04. The first kappa shape index (κ1) is 10.4. The molecule has 1 heterocycles. The fourth-order valence-electron chi connectivity index (χ4n) is 3.15. The number of rotatable bonds is 3. The molecule has 3 N–H and O–H groups in total. The van der Waals surface area contributed by atoms with E-state index < -0.39 is 0 Å². The number of ether oxygens (including phenoxy) is 1. The maximum Gasteiger partial charge on any atom is 0.0591 e. The number of hydrogen-bond donors (Lipinski definition) is 2. The van der Waals surface area contributed by atoms with Gasteiger partial charge in [-0.25, -0.2) is 0 Å². The zero-order chi connectivity index (χ0) is 9.97. The highest BCUT2D eigenvalue weighted by Crippen LogP contribution is 2.35. The topological polar surface area (TPSA) is 47.3 Å². The molecule has 0 amide bonds. The van der Waals surface area contributed by atoms with E-state index in [1.807, 2.05) is 0 Å². The van der Waals surface area contributed by atoms with Gasteiger partial charge in [0.1, 0.15) is 0 Å². The molecule has 3 atom stereocenters. The molecule has 1 aliphatic heterocycles. The van der Waals surface area contributed by atoms with Crippen LogP contribution in [0.15, 0.2) is 0 Å². The largest absolute Gasteiger partial charge is 0.378 e. The molecule has 3 unspecified atom stereocenters. The van der Waals surface area contributed by atoms with E-state index in [1.165, 1.54) is 32.1 Å². The summed E-state index contributed by atoms with van der Waals surface area (Å²) >= 11 is 0. The first-order valence-corrected chi connectivity index (χ1v) is 5.90. The van der Waals surface area contributed by atoms with Crippen molar-refractivity contribution in [2.45, 2.75) is 51.2 Å². The first-order chi connectivity index (χ1) is 6.83. The Morgan fingerprint density at radius 3 is 2.50 bits per heavy atom. The van der Waals surface area contributed by atoms with E-state index in [-0.39, 0.29) is 0 Å². The quantitative estimate of drug-likeness (QED) is 0.533. The number of hydrazine groups is 1. The highest BCUT2D eigenvalue weighted by molar-refractivity contribution is 4.89. The highest BCUT2D eigenvalue weighted by atomic mass is 16.5. The van der Waals surface area contributed by atoms with Crippen molar-refractivity contribution in [3.8, 4) is 0 Å². The zero-order valence-electron chi connectivity index (χ0n) is 9.04. The molecule has 82 valence electrons. The van der Waals surface area contributed by atoms with Gasteiger partial charge in [-0.15, -0.1) is 0 Å². The second-order valence-corrected chi connectivity index (χ2v) is 4.77. The molecular formula is C11H22N2O. The maximum atomic E-state index is 5.69. The lowest BCUT2D eigenvalue weighted by molar-refractivity contribution is 0.0866. The van der Waals surface area contributed by atoms with Crippen LogP contribution in [-0.2, 0) is 4.74 Å². The van der Waals surface area contributed by atoms with Crippen LogP contribution in [0.4, 0.5) is 0 Å². The van der Waals surface area contributed by atoms with E-state index in [9.17, 15) is 0 Å². The average Bonchev–Trinajstić information content (AvgIpc) is 2.80. The van der Waals surface area contributed by atoms with Crippen molar-refractivity contribution < 1.29 is 4.74 Å². The van der Waals surface area contributed by atoms with E-state index in [1.54, 1.807) is 0 Å². The van der Waals surface area contributed by atoms with Crippen molar-refractivity contribution in [2.24, 2.45) is 17.7 Å². The lowest BCUT2D eigenvalue weighted by atomic mass is 9.84. The minimum absolute atomic E-state index is 0.386. The van der Waals surface area contributed by atoms with Crippen LogP contribution >= 0.6 is 0 Å². The predicted octanol–water partition coefficient (Wildman–Crippen LogP) is 1.43. The highest BCUT2D eigenvalue weighted by Gasteiger charge is 2.36. The summed E-state index contributed by atoms with van der Waals surface area (Å²) < 4.78 is 5.61. The third-order valence-corrected chi connectivity index (χ3v) is 4.00. The normalized spacial score (nSPS) is 36.4. The fraction of sp³-hybridized carbons (Fsp3) is 1.00. The van der Waals surface area contributed by atoms with Crippen LogP contribution < -0.4 is 11.3 Å².